The Morgan fingerprint density at radius 2 is 1.54 bits per heavy atom. The molecule has 2 aromatic carbocycles. The van der Waals surface area contributed by atoms with Crippen LogP contribution >= 0.6 is 23.4 Å². The molecule has 0 spiro atoms. The van der Waals surface area contributed by atoms with Gasteiger partial charge in [0.1, 0.15) is 0 Å². The molecule has 0 bridgehead atoms. The highest BCUT2D eigenvalue weighted by molar-refractivity contribution is 8.15. The molecule has 1 saturated heterocycles. The van der Waals surface area contributed by atoms with E-state index in [1.54, 1.807) is 48.5 Å². The predicted molar refractivity (Wildman–Crippen MR) is 105 cm³/mol. The van der Waals surface area contributed by atoms with Gasteiger partial charge >= 0.3 is 0 Å². The SMILES string of the molecule is O=C1SC(Nc2cccc(Cl)c2)C(=O)N1CCN1C(=O)c2ccccc2C1=O. The van der Waals surface area contributed by atoms with Gasteiger partial charge in [0, 0.05) is 23.8 Å². The Morgan fingerprint density at radius 1 is 0.893 bits per heavy atom. The second kappa shape index (κ2) is 7.29. The molecule has 4 amide bonds. The molecule has 28 heavy (non-hydrogen) atoms. The summed E-state index contributed by atoms with van der Waals surface area (Å²) < 4.78 is 0. The summed E-state index contributed by atoms with van der Waals surface area (Å²) in [5.74, 6) is -1.26. The number of amides is 4. The van der Waals surface area contributed by atoms with E-state index in [0.717, 1.165) is 21.6 Å². The standard InChI is InChI=1S/C19H14ClN3O4S/c20-11-4-3-5-12(10-11)21-15-18(26)23(19(27)28-15)9-8-22-16(24)13-6-1-2-7-14(13)17(22)25/h1-7,10,15,21H,8-9H2. The van der Waals surface area contributed by atoms with E-state index in [4.69, 9.17) is 11.6 Å². The minimum atomic E-state index is -0.784. The first-order valence-corrected chi connectivity index (χ1v) is 9.71. The highest BCUT2D eigenvalue weighted by Gasteiger charge is 2.41. The van der Waals surface area contributed by atoms with E-state index in [9.17, 15) is 19.2 Å². The number of fused-ring (bicyclic) bond motifs is 1. The number of imide groups is 2. The van der Waals surface area contributed by atoms with E-state index in [1.165, 1.54) is 0 Å². The number of halogens is 1. The van der Waals surface area contributed by atoms with Crippen LogP contribution in [0.5, 0.6) is 0 Å². The zero-order valence-corrected chi connectivity index (χ0v) is 16.0. The van der Waals surface area contributed by atoms with Crippen molar-refractivity contribution in [2.75, 3.05) is 18.4 Å². The molecule has 2 aromatic rings. The fourth-order valence-corrected chi connectivity index (χ4v) is 4.23. The van der Waals surface area contributed by atoms with Crippen molar-refractivity contribution in [3.8, 4) is 0 Å². The summed E-state index contributed by atoms with van der Waals surface area (Å²) >= 11 is 6.78. The third kappa shape index (κ3) is 3.25. The second-order valence-electron chi connectivity index (χ2n) is 6.22. The zero-order chi connectivity index (χ0) is 19.8. The van der Waals surface area contributed by atoms with Crippen molar-refractivity contribution < 1.29 is 19.2 Å². The Labute approximate surface area is 169 Å². The van der Waals surface area contributed by atoms with Gasteiger partial charge in [-0.25, -0.2) is 0 Å². The Kier molecular flexibility index (Phi) is 4.82. The summed E-state index contributed by atoms with van der Waals surface area (Å²) in [7, 11) is 0. The molecule has 0 radical (unpaired) electrons. The topological polar surface area (TPSA) is 86.8 Å². The van der Waals surface area contributed by atoms with Gasteiger partial charge < -0.3 is 5.32 Å². The molecule has 1 atom stereocenters. The molecule has 2 aliphatic heterocycles. The van der Waals surface area contributed by atoms with Crippen LogP contribution in [0.25, 0.3) is 0 Å². The number of nitrogens with one attached hydrogen (secondary N) is 1. The van der Waals surface area contributed by atoms with Gasteiger partial charge in [0.2, 0.25) is 0 Å². The molecule has 4 rings (SSSR count). The van der Waals surface area contributed by atoms with E-state index >= 15 is 0 Å². The van der Waals surface area contributed by atoms with Crippen molar-refractivity contribution in [1.82, 2.24) is 9.80 Å². The van der Waals surface area contributed by atoms with Crippen LogP contribution in [0, 0.1) is 0 Å². The molecular weight excluding hydrogens is 402 g/mol. The van der Waals surface area contributed by atoms with Gasteiger partial charge in [-0.05, 0) is 42.1 Å². The van der Waals surface area contributed by atoms with Crippen molar-refractivity contribution in [3.05, 3.63) is 64.7 Å². The van der Waals surface area contributed by atoms with Crippen molar-refractivity contribution in [3.63, 3.8) is 0 Å². The average molecular weight is 416 g/mol. The molecule has 142 valence electrons. The van der Waals surface area contributed by atoms with Gasteiger partial charge in [-0.2, -0.15) is 0 Å². The summed E-state index contributed by atoms with van der Waals surface area (Å²) in [6, 6.07) is 13.4. The maximum Gasteiger partial charge on any atom is 0.290 e. The number of rotatable bonds is 5. The molecule has 1 N–H and O–H groups in total. The quantitative estimate of drug-likeness (QED) is 0.755. The number of carbonyl (C=O) groups excluding carboxylic acids is 4. The van der Waals surface area contributed by atoms with Crippen molar-refractivity contribution >= 4 is 52.0 Å². The minimum Gasteiger partial charge on any atom is -0.365 e. The maximum absolute atomic E-state index is 12.6. The first kappa shape index (κ1) is 18.5. The number of thioether (sulfide) groups is 1. The lowest BCUT2D eigenvalue weighted by atomic mass is 10.1. The third-order valence-electron chi connectivity index (χ3n) is 4.48. The highest BCUT2D eigenvalue weighted by Crippen LogP contribution is 2.29. The molecule has 0 aromatic heterocycles. The number of anilines is 1. The fraction of sp³-hybridized carbons (Fsp3) is 0.158. The third-order valence-corrected chi connectivity index (χ3v) is 5.69. The predicted octanol–water partition coefficient (Wildman–Crippen LogP) is 3.07. The molecule has 0 saturated carbocycles. The summed E-state index contributed by atoms with van der Waals surface area (Å²) in [4.78, 5) is 51.8. The average Bonchev–Trinajstić information content (AvgIpc) is 3.08. The minimum absolute atomic E-state index is 0.0473. The van der Waals surface area contributed by atoms with Gasteiger partial charge in [0.05, 0.1) is 11.1 Å². The summed E-state index contributed by atoms with van der Waals surface area (Å²) in [5.41, 5.74) is 1.29. The van der Waals surface area contributed by atoms with Gasteiger partial charge in [-0.1, -0.05) is 29.8 Å². The van der Waals surface area contributed by atoms with E-state index < -0.39 is 28.3 Å². The monoisotopic (exact) mass is 415 g/mol. The molecular formula is C19H14ClN3O4S. The molecule has 9 heteroatoms. The molecule has 1 fully saturated rings. The van der Waals surface area contributed by atoms with Crippen LogP contribution in [-0.2, 0) is 4.79 Å². The smallest absolute Gasteiger partial charge is 0.290 e. The Hall–Kier alpha value is -2.84. The van der Waals surface area contributed by atoms with Gasteiger partial charge in [0.25, 0.3) is 23.0 Å². The van der Waals surface area contributed by atoms with Crippen LogP contribution in [0.4, 0.5) is 10.5 Å². The Bertz CT molecular complexity index is 977. The molecule has 1 unspecified atom stereocenters. The fourth-order valence-electron chi connectivity index (χ4n) is 3.11. The highest BCUT2D eigenvalue weighted by atomic mass is 35.5. The van der Waals surface area contributed by atoms with Crippen LogP contribution in [0.2, 0.25) is 5.02 Å². The number of hydrogen-bond acceptors (Lipinski definition) is 6. The van der Waals surface area contributed by atoms with E-state index in [2.05, 4.69) is 5.32 Å². The lowest BCUT2D eigenvalue weighted by molar-refractivity contribution is -0.126. The summed E-state index contributed by atoms with van der Waals surface area (Å²) in [5, 5.41) is 2.27. The van der Waals surface area contributed by atoms with Gasteiger partial charge in [-0.15, -0.1) is 0 Å². The lowest BCUT2D eigenvalue weighted by Gasteiger charge is -2.19. The van der Waals surface area contributed by atoms with Crippen molar-refractivity contribution in [2.24, 2.45) is 0 Å². The van der Waals surface area contributed by atoms with Crippen LogP contribution in [0.15, 0.2) is 48.5 Å². The number of carbonyl (C=O) groups is 4. The van der Waals surface area contributed by atoms with Crippen LogP contribution < -0.4 is 5.32 Å². The van der Waals surface area contributed by atoms with E-state index in [0.29, 0.717) is 21.8 Å². The molecule has 7 nitrogen and oxygen atoms in total. The molecule has 2 heterocycles. The largest absolute Gasteiger partial charge is 0.365 e. The van der Waals surface area contributed by atoms with Crippen LogP contribution in [0.3, 0.4) is 0 Å². The van der Waals surface area contributed by atoms with Gasteiger partial charge in [-0.3, -0.25) is 29.0 Å². The van der Waals surface area contributed by atoms with Gasteiger partial charge in [0.15, 0.2) is 5.37 Å². The van der Waals surface area contributed by atoms with E-state index in [-0.39, 0.29) is 13.1 Å². The lowest BCUT2D eigenvalue weighted by Crippen LogP contribution is -2.41. The second-order valence-corrected chi connectivity index (χ2v) is 7.71. The first-order chi connectivity index (χ1) is 13.5. The van der Waals surface area contributed by atoms with Crippen molar-refractivity contribution in [2.45, 2.75) is 5.37 Å². The number of nitrogens with zero attached hydrogens (tertiary/aromatic N) is 2. The van der Waals surface area contributed by atoms with Crippen LogP contribution in [0.1, 0.15) is 20.7 Å². The van der Waals surface area contributed by atoms with Crippen molar-refractivity contribution in [1.29, 1.82) is 0 Å². The number of hydrogen-bond donors (Lipinski definition) is 1. The van der Waals surface area contributed by atoms with Crippen LogP contribution in [-0.4, -0.2) is 51.2 Å². The summed E-state index contributed by atoms with van der Waals surface area (Å²) in [6.45, 7) is -0.0991. The number of benzene rings is 2. The normalized spacial score (nSPS) is 18.8. The zero-order valence-electron chi connectivity index (χ0n) is 14.4. The molecule has 2 aliphatic rings. The Balaban J connectivity index is 1.42. The maximum atomic E-state index is 12.6. The first-order valence-electron chi connectivity index (χ1n) is 8.45. The summed E-state index contributed by atoms with van der Waals surface area (Å²) in [6.07, 6.45) is 0. The Morgan fingerprint density at radius 3 is 2.18 bits per heavy atom. The molecule has 0 aliphatic carbocycles. The van der Waals surface area contributed by atoms with E-state index in [1.807, 2.05) is 0 Å².